The van der Waals surface area contributed by atoms with E-state index in [4.69, 9.17) is 0 Å². The molecule has 1 aromatic carbocycles. The zero-order valence-electron chi connectivity index (χ0n) is 16.9. The van der Waals surface area contributed by atoms with E-state index < -0.39 is 11.7 Å². The van der Waals surface area contributed by atoms with E-state index in [1.807, 2.05) is 18.5 Å². The molecule has 0 spiro atoms. The van der Waals surface area contributed by atoms with Crippen LogP contribution in [0.5, 0.6) is 0 Å². The summed E-state index contributed by atoms with van der Waals surface area (Å²) in [5.41, 5.74) is 0.196. The van der Waals surface area contributed by atoms with Crippen LogP contribution in [0.25, 0.3) is 0 Å². The standard InChI is InChI=1S/C19H27F3N6S/c1-14-26-27-17(28(14)2)13-25-18(23-10-4-12-29-3)24-11-9-15-5-7-16(8-6-15)19(20,21)22/h5-8H,4,9-13H2,1-3H3,(H2,23,24,25). The maximum atomic E-state index is 12.7. The van der Waals surface area contributed by atoms with E-state index in [-0.39, 0.29) is 0 Å². The van der Waals surface area contributed by atoms with Crippen LogP contribution in [0.3, 0.4) is 0 Å². The van der Waals surface area contributed by atoms with Gasteiger partial charge in [-0.3, -0.25) is 0 Å². The molecule has 1 heterocycles. The van der Waals surface area contributed by atoms with Crippen molar-refractivity contribution in [2.45, 2.75) is 32.5 Å². The van der Waals surface area contributed by atoms with Crippen LogP contribution >= 0.6 is 11.8 Å². The van der Waals surface area contributed by atoms with E-state index in [0.29, 0.717) is 25.5 Å². The highest BCUT2D eigenvalue weighted by molar-refractivity contribution is 7.98. The minimum atomic E-state index is -4.31. The first kappa shape index (κ1) is 23.1. The average molecular weight is 429 g/mol. The second-order valence-electron chi connectivity index (χ2n) is 6.53. The third kappa shape index (κ3) is 7.60. The zero-order valence-corrected chi connectivity index (χ0v) is 17.7. The first-order valence-corrected chi connectivity index (χ1v) is 10.7. The minimum Gasteiger partial charge on any atom is -0.356 e. The molecule has 2 rings (SSSR count). The van der Waals surface area contributed by atoms with Crippen LogP contribution in [0.2, 0.25) is 0 Å². The van der Waals surface area contributed by atoms with Gasteiger partial charge in [0.15, 0.2) is 11.8 Å². The lowest BCUT2D eigenvalue weighted by molar-refractivity contribution is -0.137. The van der Waals surface area contributed by atoms with Crippen molar-refractivity contribution >= 4 is 17.7 Å². The van der Waals surface area contributed by atoms with Gasteiger partial charge in [0.1, 0.15) is 12.4 Å². The number of hydrogen-bond donors (Lipinski definition) is 2. The van der Waals surface area contributed by atoms with Crippen molar-refractivity contribution in [1.82, 2.24) is 25.4 Å². The molecule has 6 nitrogen and oxygen atoms in total. The number of aryl methyl sites for hydroxylation is 1. The third-order valence-corrected chi connectivity index (χ3v) is 5.06. The maximum Gasteiger partial charge on any atom is 0.416 e. The number of thioether (sulfide) groups is 1. The summed E-state index contributed by atoms with van der Waals surface area (Å²) >= 11 is 1.78. The molecular weight excluding hydrogens is 401 g/mol. The van der Waals surface area contributed by atoms with Crippen LogP contribution < -0.4 is 10.6 Å². The van der Waals surface area contributed by atoms with Crippen molar-refractivity contribution in [3.05, 3.63) is 47.0 Å². The number of guanidine groups is 1. The van der Waals surface area contributed by atoms with Gasteiger partial charge in [0.25, 0.3) is 0 Å². The smallest absolute Gasteiger partial charge is 0.356 e. The largest absolute Gasteiger partial charge is 0.416 e. The zero-order chi connectivity index (χ0) is 21.3. The fraction of sp³-hybridized carbons (Fsp3) is 0.526. The molecule has 160 valence electrons. The van der Waals surface area contributed by atoms with Gasteiger partial charge in [0.05, 0.1) is 5.56 Å². The first-order chi connectivity index (χ1) is 13.8. The summed E-state index contributed by atoms with van der Waals surface area (Å²) in [4.78, 5) is 4.56. The Labute approximate surface area is 173 Å². The quantitative estimate of drug-likeness (QED) is 0.365. The molecule has 0 fully saturated rings. The molecule has 0 atom stereocenters. The Morgan fingerprint density at radius 3 is 2.41 bits per heavy atom. The van der Waals surface area contributed by atoms with Crippen LogP contribution in [0.1, 0.15) is 29.2 Å². The van der Waals surface area contributed by atoms with E-state index in [2.05, 4.69) is 32.1 Å². The second-order valence-corrected chi connectivity index (χ2v) is 7.52. The molecule has 0 aliphatic heterocycles. The van der Waals surface area contributed by atoms with Crippen LogP contribution in [0.4, 0.5) is 13.2 Å². The molecule has 10 heteroatoms. The van der Waals surface area contributed by atoms with Crippen molar-refractivity contribution in [3.8, 4) is 0 Å². The number of nitrogens with zero attached hydrogens (tertiary/aromatic N) is 4. The molecule has 2 aromatic rings. The highest BCUT2D eigenvalue weighted by Crippen LogP contribution is 2.29. The van der Waals surface area contributed by atoms with Crippen LogP contribution in [0.15, 0.2) is 29.3 Å². The molecule has 2 N–H and O–H groups in total. The van der Waals surface area contributed by atoms with Gasteiger partial charge in [-0.2, -0.15) is 24.9 Å². The van der Waals surface area contributed by atoms with Crippen molar-refractivity contribution < 1.29 is 13.2 Å². The lowest BCUT2D eigenvalue weighted by Gasteiger charge is -2.13. The van der Waals surface area contributed by atoms with Gasteiger partial charge in [-0.15, -0.1) is 10.2 Å². The van der Waals surface area contributed by atoms with Crippen LogP contribution in [-0.4, -0.2) is 45.8 Å². The van der Waals surface area contributed by atoms with Gasteiger partial charge in [-0.05, 0) is 49.5 Å². The number of benzene rings is 1. The molecule has 0 radical (unpaired) electrons. The molecule has 1 aromatic heterocycles. The Morgan fingerprint density at radius 1 is 1.14 bits per heavy atom. The summed E-state index contributed by atoms with van der Waals surface area (Å²) < 4.78 is 39.9. The number of aromatic nitrogens is 3. The Bertz CT molecular complexity index is 786. The second kappa shape index (κ2) is 11.1. The third-order valence-electron chi connectivity index (χ3n) is 4.37. The normalized spacial score (nSPS) is 12.3. The highest BCUT2D eigenvalue weighted by atomic mass is 32.2. The monoisotopic (exact) mass is 428 g/mol. The number of hydrogen-bond acceptors (Lipinski definition) is 4. The Hall–Kier alpha value is -2.23. The number of halogens is 3. The van der Waals surface area contributed by atoms with Gasteiger partial charge in [0.2, 0.25) is 0 Å². The first-order valence-electron chi connectivity index (χ1n) is 9.33. The molecule has 29 heavy (non-hydrogen) atoms. The summed E-state index contributed by atoms with van der Waals surface area (Å²) in [5.74, 6) is 3.28. The van der Waals surface area contributed by atoms with Crippen molar-refractivity contribution in [3.63, 3.8) is 0 Å². The van der Waals surface area contributed by atoms with Crippen LogP contribution in [-0.2, 0) is 26.2 Å². The van der Waals surface area contributed by atoms with Crippen molar-refractivity contribution in [1.29, 1.82) is 0 Å². The van der Waals surface area contributed by atoms with Gasteiger partial charge in [-0.1, -0.05) is 12.1 Å². The summed E-state index contributed by atoms with van der Waals surface area (Å²) in [6.45, 7) is 3.60. The Balaban J connectivity index is 1.92. The molecule has 0 aliphatic carbocycles. The molecular formula is C19H27F3N6S. The fourth-order valence-corrected chi connectivity index (χ4v) is 2.95. The fourth-order valence-electron chi connectivity index (χ4n) is 2.52. The average Bonchev–Trinajstić information content (AvgIpc) is 3.00. The minimum absolute atomic E-state index is 0.384. The molecule has 0 amide bonds. The van der Waals surface area contributed by atoms with E-state index in [1.165, 1.54) is 12.1 Å². The Morgan fingerprint density at radius 2 is 1.83 bits per heavy atom. The van der Waals surface area contributed by atoms with Crippen molar-refractivity contribution in [2.75, 3.05) is 25.1 Å². The van der Waals surface area contributed by atoms with Gasteiger partial charge >= 0.3 is 6.18 Å². The van der Waals surface area contributed by atoms with E-state index >= 15 is 0 Å². The SMILES string of the molecule is CSCCCNC(=NCc1nnc(C)n1C)NCCc1ccc(C(F)(F)F)cc1. The molecule has 0 aliphatic rings. The van der Waals surface area contributed by atoms with Crippen LogP contribution in [0, 0.1) is 6.92 Å². The van der Waals surface area contributed by atoms with E-state index in [0.717, 1.165) is 48.1 Å². The van der Waals surface area contributed by atoms with Crippen molar-refractivity contribution in [2.24, 2.45) is 12.0 Å². The van der Waals surface area contributed by atoms with Gasteiger partial charge < -0.3 is 15.2 Å². The maximum absolute atomic E-state index is 12.7. The van der Waals surface area contributed by atoms with E-state index in [9.17, 15) is 13.2 Å². The highest BCUT2D eigenvalue weighted by Gasteiger charge is 2.29. The summed E-state index contributed by atoms with van der Waals surface area (Å²) in [7, 11) is 1.89. The Kier molecular flexibility index (Phi) is 8.81. The predicted octanol–water partition coefficient (Wildman–Crippen LogP) is 3.17. The number of aliphatic imine (C=N–C) groups is 1. The summed E-state index contributed by atoms with van der Waals surface area (Å²) in [6, 6.07) is 5.24. The molecule has 0 saturated carbocycles. The number of rotatable bonds is 9. The van der Waals surface area contributed by atoms with Gasteiger partial charge in [0, 0.05) is 20.1 Å². The predicted molar refractivity (Wildman–Crippen MR) is 111 cm³/mol. The summed E-state index contributed by atoms with van der Waals surface area (Å²) in [6.07, 6.45) is -0.653. The molecule has 0 saturated heterocycles. The van der Waals surface area contributed by atoms with Gasteiger partial charge in [-0.25, -0.2) is 4.99 Å². The number of alkyl halides is 3. The molecule has 0 unspecified atom stereocenters. The molecule has 0 bridgehead atoms. The lowest BCUT2D eigenvalue weighted by Crippen LogP contribution is -2.39. The lowest BCUT2D eigenvalue weighted by atomic mass is 10.1. The van der Waals surface area contributed by atoms with E-state index in [1.54, 1.807) is 11.8 Å². The summed E-state index contributed by atoms with van der Waals surface area (Å²) in [5, 5.41) is 14.7. The topological polar surface area (TPSA) is 67.1 Å². The number of nitrogens with one attached hydrogen (secondary N) is 2.